The Kier molecular flexibility index (Phi) is 32.5. The molecule has 0 fully saturated rings. The molecule has 0 aliphatic heterocycles. The lowest BCUT2D eigenvalue weighted by Crippen LogP contribution is -2.50. The molecule has 0 amide bonds. The molecule has 0 heterocycles. The first kappa shape index (κ1) is 53.5. The van der Waals surface area contributed by atoms with E-state index in [9.17, 15) is 43.2 Å². The van der Waals surface area contributed by atoms with Crippen LogP contribution in [0.5, 0.6) is 0 Å². The number of halogens is 6. The Bertz CT molecular complexity index is 904. The van der Waals surface area contributed by atoms with Gasteiger partial charge in [-0.1, -0.05) is 156 Å². The molecule has 0 spiro atoms. The highest BCUT2D eigenvalue weighted by molar-refractivity contribution is 8.13. The maximum Gasteiger partial charge on any atom is 0.480 e. The highest BCUT2D eigenvalue weighted by Crippen LogP contribution is 2.36. The molecule has 0 saturated carbocycles. The Morgan fingerprint density at radius 3 is 0.692 bits per heavy atom. The molecule has 316 valence electrons. The van der Waals surface area contributed by atoms with E-state index >= 15 is 0 Å². The van der Waals surface area contributed by atoms with Gasteiger partial charge in [-0.15, -0.1) is 0 Å². The van der Waals surface area contributed by atoms with Crippen molar-refractivity contribution in [2.75, 3.05) is 26.2 Å². The fraction of sp³-hybridized carbons (Fsp3) is 1.00. The van der Waals surface area contributed by atoms with E-state index in [0.29, 0.717) is 0 Å². The van der Waals surface area contributed by atoms with Crippen LogP contribution in [0.15, 0.2) is 0 Å². The fourth-order valence-electron chi connectivity index (χ4n) is 6.50. The SMILES string of the molecule is CCCCCCCCC[N+](CCCCCCCCC)(CCCCCCCCC)CCCCCCCCC.O=S(=O)([N-]S(=O)(=O)C(F)(F)F)C(F)(F)F. The molecule has 0 N–H and O–H groups in total. The van der Waals surface area contributed by atoms with Gasteiger partial charge in [0.15, 0.2) is 20.0 Å². The smallest absolute Gasteiger partial charge is 0.421 e. The summed E-state index contributed by atoms with van der Waals surface area (Å²) in [5.41, 5.74) is -12.4. The molecule has 0 aliphatic rings. The Hall–Kier alpha value is -0.600. The minimum absolute atomic E-state index is 0.778. The molecule has 6 nitrogen and oxygen atoms in total. The summed E-state index contributed by atoms with van der Waals surface area (Å²) in [4.78, 5) is 0. The molecule has 0 radical (unpaired) electrons. The van der Waals surface area contributed by atoms with Gasteiger partial charge in [-0.2, -0.15) is 26.3 Å². The molecule has 0 unspecified atom stereocenters. The van der Waals surface area contributed by atoms with Crippen molar-refractivity contribution in [3.05, 3.63) is 4.13 Å². The molecule has 0 rings (SSSR count). The molecule has 0 atom stereocenters. The van der Waals surface area contributed by atoms with Crippen molar-refractivity contribution in [2.45, 2.75) is 218 Å². The van der Waals surface area contributed by atoms with E-state index in [1.807, 2.05) is 0 Å². The summed E-state index contributed by atoms with van der Waals surface area (Å²) < 4.78 is 111. The van der Waals surface area contributed by atoms with Crippen LogP contribution in [0.4, 0.5) is 26.3 Å². The van der Waals surface area contributed by atoms with Crippen LogP contribution in [-0.4, -0.2) is 58.5 Å². The van der Waals surface area contributed by atoms with Gasteiger partial charge in [0.2, 0.25) is 0 Å². The number of alkyl halides is 6. The van der Waals surface area contributed by atoms with Crippen molar-refractivity contribution >= 4 is 20.0 Å². The summed E-state index contributed by atoms with van der Waals surface area (Å²) in [6, 6.07) is 0. The molecule has 0 aliphatic carbocycles. The van der Waals surface area contributed by atoms with Crippen LogP contribution in [0, 0.1) is 0 Å². The Morgan fingerprint density at radius 1 is 0.346 bits per heavy atom. The summed E-state index contributed by atoms with van der Waals surface area (Å²) in [5.74, 6) is 0. The third-order valence-corrected chi connectivity index (χ3v) is 12.5. The van der Waals surface area contributed by atoms with Crippen LogP contribution >= 0.6 is 0 Å². The lowest BCUT2D eigenvalue weighted by atomic mass is 10.0. The zero-order valence-electron chi connectivity index (χ0n) is 33.2. The standard InChI is InChI=1S/C36H76N.C2F6NO4S2/c1-5-9-13-17-21-25-29-33-37(34-30-26-22-18-14-10-6-2,35-31-27-23-19-15-11-7-3)36-32-28-24-20-16-12-8-4;3-1(4,5)14(10,11)9-15(12,13)2(6,7)8/h5-36H2,1-4H3;/q+1;-1. The first-order valence-electron chi connectivity index (χ1n) is 20.7. The van der Waals surface area contributed by atoms with Gasteiger partial charge < -0.3 is 8.61 Å². The second-order valence-electron chi connectivity index (χ2n) is 14.6. The fourth-order valence-corrected chi connectivity index (χ4v) is 8.21. The molecule has 0 aromatic rings. The van der Waals surface area contributed by atoms with Crippen molar-refractivity contribution in [2.24, 2.45) is 0 Å². The van der Waals surface area contributed by atoms with Crippen molar-refractivity contribution in [1.82, 2.24) is 0 Å². The summed E-state index contributed by atoms with van der Waals surface area (Å²) in [5, 5.41) is 0. The third kappa shape index (κ3) is 28.8. The average Bonchev–Trinajstić information content (AvgIpc) is 3.05. The zero-order valence-corrected chi connectivity index (χ0v) is 34.9. The largest absolute Gasteiger partial charge is 0.480 e. The molecule has 0 aromatic heterocycles. The van der Waals surface area contributed by atoms with Gasteiger partial charge in [0, 0.05) is 0 Å². The Labute approximate surface area is 315 Å². The lowest BCUT2D eigenvalue weighted by Gasteiger charge is -2.40. The average molecular weight is 803 g/mol. The predicted molar refractivity (Wildman–Crippen MR) is 205 cm³/mol. The van der Waals surface area contributed by atoms with E-state index in [1.54, 1.807) is 0 Å². The summed E-state index contributed by atoms with van der Waals surface area (Å²) in [6.07, 6.45) is 40.7. The highest BCUT2D eigenvalue weighted by Gasteiger charge is 2.47. The van der Waals surface area contributed by atoms with Crippen LogP contribution in [0.3, 0.4) is 0 Å². The zero-order chi connectivity index (χ0) is 39.8. The van der Waals surface area contributed by atoms with E-state index in [-0.39, 0.29) is 0 Å². The van der Waals surface area contributed by atoms with Gasteiger partial charge in [-0.25, -0.2) is 16.8 Å². The Balaban J connectivity index is 0. The number of rotatable bonds is 34. The number of unbranched alkanes of at least 4 members (excludes halogenated alkanes) is 24. The summed E-state index contributed by atoms with van der Waals surface area (Å²) in [6.45, 7) is 15.3. The van der Waals surface area contributed by atoms with Gasteiger partial charge >= 0.3 is 11.0 Å². The minimum atomic E-state index is -6.72. The van der Waals surface area contributed by atoms with Gasteiger partial charge in [0.25, 0.3) is 0 Å². The first-order valence-corrected chi connectivity index (χ1v) is 23.5. The van der Waals surface area contributed by atoms with Crippen LogP contribution in [0.25, 0.3) is 4.13 Å². The number of nitrogens with zero attached hydrogens (tertiary/aromatic N) is 2. The molecular formula is C38H76F6N2O4S2. The molecular weight excluding hydrogens is 727 g/mol. The molecule has 0 aromatic carbocycles. The van der Waals surface area contributed by atoms with Crippen molar-refractivity contribution < 1.29 is 47.7 Å². The van der Waals surface area contributed by atoms with Crippen molar-refractivity contribution in [3.63, 3.8) is 0 Å². The van der Waals surface area contributed by atoms with E-state index in [0.717, 1.165) is 4.13 Å². The van der Waals surface area contributed by atoms with Crippen LogP contribution in [0.2, 0.25) is 0 Å². The quantitative estimate of drug-likeness (QED) is 0.0368. The van der Waals surface area contributed by atoms with Gasteiger partial charge in [-0.3, -0.25) is 0 Å². The maximum absolute atomic E-state index is 11.4. The van der Waals surface area contributed by atoms with E-state index in [4.69, 9.17) is 0 Å². The predicted octanol–water partition coefficient (Wildman–Crippen LogP) is 13.9. The third-order valence-electron chi connectivity index (χ3n) is 9.73. The second kappa shape index (κ2) is 31.6. The summed E-state index contributed by atoms with van der Waals surface area (Å²) in [7, 11) is -13.4. The number of sulfonamides is 2. The summed E-state index contributed by atoms with van der Waals surface area (Å²) >= 11 is 0. The number of quaternary nitrogens is 1. The molecule has 14 heteroatoms. The number of hydrogen-bond donors (Lipinski definition) is 0. The maximum atomic E-state index is 11.4. The second-order valence-corrected chi connectivity index (χ2v) is 18.1. The topological polar surface area (TPSA) is 82.4 Å². The highest BCUT2D eigenvalue weighted by atomic mass is 32.3. The van der Waals surface area contributed by atoms with Crippen molar-refractivity contribution in [1.29, 1.82) is 0 Å². The lowest BCUT2D eigenvalue weighted by molar-refractivity contribution is -0.929. The van der Waals surface area contributed by atoms with Gasteiger partial charge in [-0.05, 0) is 51.4 Å². The first-order chi connectivity index (χ1) is 24.4. The number of hydrogen-bond acceptors (Lipinski definition) is 4. The molecule has 52 heavy (non-hydrogen) atoms. The van der Waals surface area contributed by atoms with Gasteiger partial charge in [0.05, 0.1) is 26.2 Å². The van der Waals surface area contributed by atoms with E-state index in [2.05, 4.69) is 27.7 Å². The Morgan fingerprint density at radius 2 is 0.519 bits per heavy atom. The normalized spacial score (nSPS) is 13.0. The van der Waals surface area contributed by atoms with Crippen molar-refractivity contribution in [3.8, 4) is 0 Å². The molecule has 0 bridgehead atoms. The van der Waals surface area contributed by atoms with Crippen LogP contribution in [0.1, 0.15) is 207 Å². The van der Waals surface area contributed by atoms with Crippen LogP contribution < -0.4 is 0 Å². The van der Waals surface area contributed by atoms with E-state index < -0.39 is 31.1 Å². The van der Waals surface area contributed by atoms with E-state index in [1.165, 1.54) is 210 Å². The monoisotopic (exact) mass is 803 g/mol. The van der Waals surface area contributed by atoms with Crippen LogP contribution in [-0.2, 0) is 20.0 Å². The molecule has 0 saturated heterocycles. The minimum Gasteiger partial charge on any atom is -0.421 e. The van der Waals surface area contributed by atoms with Gasteiger partial charge in [0.1, 0.15) is 0 Å².